The van der Waals surface area contributed by atoms with Crippen molar-refractivity contribution in [2.75, 3.05) is 18.9 Å². The monoisotopic (exact) mass is 323 g/mol. The molecule has 0 atom stereocenters. The van der Waals surface area contributed by atoms with Crippen LogP contribution in [0.1, 0.15) is 25.8 Å². The zero-order chi connectivity index (χ0) is 17.1. The van der Waals surface area contributed by atoms with Crippen LogP contribution in [-0.4, -0.2) is 30.2 Å². The summed E-state index contributed by atoms with van der Waals surface area (Å²) in [6.45, 7) is 4.71. The van der Waals surface area contributed by atoms with Crippen LogP contribution >= 0.6 is 0 Å². The van der Waals surface area contributed by atoms with Crippen molar-refractivity contribution in [3.8, 4) is 11.5 Å². The molecule has 1 N–H and O–H groups in total. The molecule has 5 heteroatoms. The molecule has 0 saturated carbocycles. The van der Waals surface area contributed by atoms with E-state index in [-0.39, 0.29) is 5.91 Å². The van der Waals surface area contributed by atoms with Crippen LogP contribution in [0.2, 0.25) is 0 Å². The number of fused-ring (bicyclic) bond motifs is 2. The molecule has 2 aromatic rings. The Kier molecular flexibility index (Phi) is 4.51. The molecule has 0 spiro atoms. The highest BCUT2D eigenvalue weighted by Crippen LogP contribution is 2.38. The molecule has 1 amide bonds. The van der Waals surface area contributed by atoms with E-state index in [4.69, 9.17) is 9.73 Å². The predicted molar refractivity (Wildman–Crippen MR) is 96.4 cm³/mol. The highest BCUT2D eigenvalue weighted by atomic mass is 16.5. The number of ether oxygens (including phenoxy) is 1. The lowest BCUT2D eigenvalue weighted by Crippen LogP contribution is -2.27. The molecular weight excluding hydrogens is 302 g/mol. The van der Waals surface area contributed by atoms with Crippen LogP contribution in [0.15, 0.2) is 47.5 Å². The fraction of sp³-hybridized carbons (Fsp3) is 0.263. The van der Waals surface area contributed by atoms with Crippen molar-refractivity contribution >= 4 is 23.1 Å². The first-order chi connectivity index (χ1) is 11.6. The summed E-state index contributed by atoms with van der Waals surface area (Å²) >= 11 is 0. The van der Waals surface area contributed by atoms with Crippen LogP contribution in [0.4, 0.5) is 11.4 Å². The SMILES string of the molecule is CCC(=O)Nc1ccc2c(c1)C(N(C)CC)=Nc1ccccc1O2. The largest absolute Gasteiger partial charge is 0.454 e. The summed E-state index contributed by atoms with van der Waals surface area (Å²) in [6.07, 6.45) is 0.439. The molecule has 0 radical (unpaired) electrons. The molecule has 2 aromatic carbocycles. The Morgan fingerprint density at radius 1 is 1.17 bits per heavy atom. The zero-order valence-electron chi connectivity index (χ0n) is 14.2. The third kappa shape index (κ3) is 3.11. The van der Waals surface area contributed by atoms with E-state index in [1.807, 2.05) is 56.4 Å². The smallest absolute Gasteiger partial charge is 0.224 e. The summed E-state index contributed by atoms with van der Waals surface area (Å²) in [5.41, 5.74) is 2.40. The molecule has 0 unspecified atom stereocenters. The Hall–Kier alpha value is -2.82. The Morgan fingerprint density at radius 2 is 1.96 bits per heavy atom. The van der Waals surface area contributed by atoms with E-state index in [0.29, 0.717) is 6.42 Å². The average molecular weight is 323 g/mol. The van der Waals surface area contributed by atoms with Gasteiger partial charge in [-0.05, 0) is 37.3 Å². The van der Waals surface area contributed by atoms with Crippen LogP contribution in [0.25, 0.3) is 0 Å². The summed E-state index contributed by atoms with van der Waals surface area (Å²) in [6, 6.07) is 13.4. The number of benzene rings is 2. The molecule has 5 nitrogen and oxygen atoms in total. The summed E-state index contributed by atoms with van der Waals surface area (Å²) in [4.78, 5) is 18.5. The highest BCUT2D eigenvalue weighted by Gasteiger charge is 2.21. The van der Waals surface area contributed by atoms with Crippen LogP contribution in [0.5, 0.6) is 11.5 Å². The number of hydrogen-bond acceptors (Lipinski definition) is 4. The number of amidine groups is 1. The molecule has 1 heterocycles. The van der Waals surface area contributed by atoms with Gasteiger partial charge in [-0.1, -0.05) is 19.1 Å². The van der Waals surface area contributed by atoms with Gasteiger partial charge < -0.3 is 15.0 Å². The number of nitrogens with zero attached hydrogens (tertiary/aromatic N) is 2. The van der Waals surface area contributed by atoms with E-state index in [0.717, 1.165) is 40.8 Å². The summed E-state index contributed by atoms with van der Waals surface area (Å²) in [5, 5.41) is 2.89. The minimum absolute atomic E-state index is 0.0184. The van der Waals surface area contributed by atoms with Gasteiger partial charge in [0, 0.05) is 25.7 Å². The van der Waals surface area contributed by atoms with Crippen LogP contribution in [0.3, 0.4) is 0 Å². The average Bonchev–Trinajstić information content (AvgIpc) is 2.77. The number of nitrogens with one attached hydrogen (secondary N) is 1. The topological polar surface area (TPSA) is 53.9 Å². The Labute approximate surface area is 142 Å². The minimum Gasteiger partial charge on any atom is -0.454 e. The van der Waals surface area contributed by atoms with Gasteiger partial charge in [-0.15, -0.1) is 0 Å². The number of carbonyl (C=O) groups excluding carboxylic acids is 1. The second-order valence-corrected chi connectivity index (χ2v) is 5.63. The molecular formula is C19H21N3O2. The summed E-state index contributed by atoms with van der Waals surface area (Å²) in [5.74, 6) is 2.26. The van der Waals surface area contributed by atoms with Gasteiger partial charge in [-0.25, -0.2) is 4.99 Å². The van der Waals surface area contributed by atoms with Gasteiger partial charge >= 0.3 is 0 Å². The first kappa shape index (κ1) is 16.1. The van der Waals surface area contributed by atoms with Crippen molar-refractivity contribution in [3.05, 3.63) is 48.0 Å². The molecule has 0 saturated heterocycles. The van der Waals surface area contributed by atoms with Crippen LogP contribution in [0, 0.1) is 0 Å². The molecule has 124 valence electrons. The van der Waals surface area contributed by atoms with Crippen molar-refractivity contribution in [2.24, 2.45) is 4.99 Å². The maximum atomic E-state index is 11.7. The number of para-hydroxylation sites is 2. The fourth-order valence-electron chi connectivity index (χ4n) is 2.49. The van der Waals surface area contributed by atoms with E-state index >= 15 is 0 Å². The van der Waals surface area contributed by atoms with Crippen LogP contribution < -0.4 is 10.1 Å². The van der Waals surface area contributed by atoms with Gasteiger partial charge in [0.25, 0.3) is 0 Å². The lowest BCUT2D eigenvalue weighted by molar-refractivity contribution is -0.115. The predicted octanol–water partition coefficient (Wildman–Crippen LogP) is 4.17. The summed E-state index contributed by atoms with van der Waals surface area (Å²) < 4.78 is 6.06. The van der Waals surface area contributed by atoms with Gasteiger partial charge in [0.2, 0.25) is 5.91 Å². The lowest BCUT2D eigenvalue weighted by Gasteiger charge is -2.20. The third-order valence-electron chi connectivity index (χ3n) is 3.97. The Bertz CT molecular complexity index is 799. The zero-order valence-corrected chi connectivity index (χ0v) is 14.2. The third-order valence-corrected chi connectivity index (χ3v) is 3.97. The number of hydrogen-bond donors (Lipinski definition) is 1. The molecule has 3 rings (SSSR count). The van der Waals surface area contributed by atoms with Gasteiger partial charge in [-0.3, -0.25) is 4.79 Å². The molecule has 0 bridgehead atoms. The molecule has 1 aliphatic heterocycles. The van der Waals surface area contributed by atoms with Gasteiger partial charge in [0.15, 0.2) is 5.75 Å². The number of carbonyl (C=O) groups is 1. The van der Waals surface area contributed by atoms with Crippen molar-refractivity contribution in [1.82, 2.24) is 4.90 Å². The van der Waals surface area contributed by atoms with Gasteiger partial charge in [0.05, 0.1) is 5.56 Å². The van der Waals surface area contributed by atoms with E-state index in [1.165, 1.54) is 0 Å². The van der Waals surface area contributed by atoms with E-state index < -0.39 is 0 Å². The van der Waals surface area contributed by atoms with E-state index in [9.17, 15) is 4.79 Å². The van der Waals surface area contributed by atoms with Gasteiger partial charge in [0.1, 0.15) is 17.3 Å². The molecule has 24 heavy (non-hydrogen) atoms. The molecule has 0 aromatic heterocycles. The number of rotatable bonds is 3. The quantitative estimate of drug-likeness (QED) is 0.922. The standard InChI is InChI=1S/C19H21N3O2/c1-4-18(23)20-13-10-11-16-14(12-13)19(22(3)5-2)21-15-8-6-7-9-17(15)24-16/h6-12H,4-5H2,1-3H3,(H,20,23). The maximum Gasteiger partial charge on any atom is 0.224 e. The van der Waals surface area contributed by atoms with Crippen molar-refractivity contribution in [3.63, 3.8) is 0 Å². The first-order valence-electron chi connectivity index (χ1n) is 8.13. The van der Waals surface area contributed by atoms with E-state index in [1.54, 1.807) is 0 Å². The Balaban J connectivity index is 2.11. The molecule has 0 fully saturated rings. The molecule has 0 aliphatic carbocycles. The lowest BCUT2D eigenvalue weighted by atomic mass is 10.1. The second kappa shape index (κ2) is 6.74. The number of aliphatic imine (C=N–C) groups is 1. The summed E-state index contributed by atoms with van der Waals surface area (Å²) in [7, 11) is 1.99. The van der Waals surface area contributed by atoms with Crippen molar-refractivity contribution in [2.45, 2.75) is 20.3 Å². The Morgan fingerprint density at radius 3 is 2.71 bits per heavy atom. The van der Waals surface area contributed by atoms with Gasteiger partial charge in [-0.2, -0.15) is 0 Å². The molecule has 1 aliphatic rings. The highest BCUT2D eigenvalue weighted by molar-refractivity contribution is 6.05. The van der Waals surface area contributed by atoms with Crippen LogP contribution in [-0.2, 0) is 4.79 Å². The maximum absolute atomic E-state index is 11.7. The minimum atomic E-state index is -0.0184. The van der Waals surface area contributed by atoms with E-state index in [2.05, 4.69) is 17.1 Å². The number of amides is 1. The first-order valence-corrected chi connectivity index (χ1v) is 8.13. The van der Waals surface area contributed by atoms with Crippen molar-refractivity contribution in [1.29, 1.82) is 0 Å². The number of anilines is 1. The van der Waals surface area contributed by atoms with Crippen molar-refractivity contribution < 1.29 is 9.53 Å². The second-order valence-electron chi connectivity index (χ2n) is 5.63. The normalized spacial score (nSPS) is 12.2. The fourth-order valence-corrected chi connectivity index (χ4v) is 2.49.